The second kappa shape index (κ2) is 4.01. The summed E-state index contributed by atoms with van der Waals surface area (Å²) in [6.07, 6.45) is 3.80. The minimum absolute atomic E-state index is 0.356. The van der Waals surface area contributed by atoms with Gasteiger partial charge in [0.2, 0.25) is 0 Å². The van der Waals surface area contributed by atoms with Crippen LogP contribution in [0.15, 0.2) is 18.2 Å². The van der Waals surface area contributed by atoms with E-state index in [1.807, 2.05) is 0 Å². The predicted octanol–water partition coefficient (Wildman–Crippen LogP) is 1.93. The molecule has 0 spiro atoms. The van der Waals surface area contributed by atoms with Gasteiger partial charge in [-0.25, -0.2) is 0 Å². The summed E-state index contributed by atoms with van der Waals surface area (Å²) in [6, 6.07) is 7.04. The molecule has 0 saturated carbocycles. The average Bonchev–Trinajstić information content (AvgIpc) is 2.64. The summed E-state index contributed by atoms with van der Waals surface area (Å²) in [7, 11) is 0. The van der Waals surface area contributed by atoms with Gasteiger partial charge in [0.15, 0.2) is 0 Å². The van der Waals surface area contributed by atoms with E-state index in [1.165, 1.54) is 36.1 Å². The molecule has 1 aliphatic carbocycles. The smallest absolute Gasteiger partial charge is 0.0355 e. The molecule has 1 aromatic rings. The Hall–Kier alpha value is -1.02. The number of nitrogens with one attached hydrogen (secondary N) is 1. The highest BCUT2D eigenvalue weighted by atomic mass is 14.9. The zero-order chi connectivity index (χ0) is 9.97. The molecule has 2 nitrogen and oxygen atoms in total. The summed E-state index contributed by atoms with van der Waals surface area (Å²) in [5.74, 6) is 0. The van der Waals surface area contributed by atoms with Crippen molar-refractivity contribution >= 4 is 5.69 Å². The Bertz CT molecular complexity index is 320. The van der Waals surface area contributed by atoms with Crippen molar-refractivity contribution in [3.8, 4) is 0 Å². The van der Waals surface area contributed by atoms with Crippen LogP contribution >= 0.6 is 0 Å². The molecule has 0 aliphatic heterocycles. The van der Waals surface area contributed by atoms with Crippen molar-refractivity contribution in [2.45, 2.75) is 32.2 Å². The van der Waals surface area contributed by atoms with Gasteiger partial charge in [-0.05, 0) is 49.4 Å². The van der Waals surface area contributed by atoms with Crippen molar-refractivity contribution in [2.24, 2.45) is 5.73 Å². The van der Waals surface area contributed by atoms with Crippen molar-refractivity contribution in [1.82, 2.24) is 0 Å². The van der Waals surface area contributed by atoms with Crippen LogP contribution in [0.3, 0.4) is 0 Å². The van der Waals surface area contributed by atoms with Crippen LogP contribution in [-0.2, 0) is 12.8 Å². The summed E-state index contributed by atoms with van der Waals surface area (Å²) in [6.45, 7) is 2.78. The van der Waals surface area contributed by atoms with E-state index in [0.717, 1.165) is 0 Å². The lowest BCUT2D eigenvalue weighted by atomic mass is 10.1. The van der Waals surface area contributed by atoms with Gasteiger partial charge in [0.25, 0.3) is 0 Å². The van der Waals surface area contributed by atoms with E-state index in [0.29, 0.717) is 12.6 Å². The summed E-state index contributed by atoms with van der Waals surface area (Å²) in [5.41, 5.74) is 9.82. The Morgan fingerprint density at radius 3 is 2.93 bits per heavy atom. The Balaban J connectivity index is 2.12. The van der Waals surface area contributed by atoms with E-state index >= 15 is 0 Å². The lowest BCUT2D eigenvalue weighted by Gasteiger charge is -2.13. The SMILES string of the molecule is CC(CN)Nc1ccc2c(c1)CCC2. The van der Waals surface area contributed by atoms with Crippen LogP contribution < -0.4 is 11.1 Å². The van der Waals surface area contributed by atoms with E-state index in [4.69, 9.17) is 5.73 Å². The highest BCUT2D eigenvalue weighted by Crippen LogP contribution is 2.24. The highest BCUT2D eigenvalue weighted by molar-refractivity contribution is 5.50. The molecule has 0 radical (unpaired) electrons. The van der Waals surface area contributed by atoms with Gasteiger partial charge in [0, 0.05) is 18.3 Å². The van der Waals surface area contributed by atoms with Crippen molar-refractivity contribution in [1.29, 1.82) is 0 Å². The fourth-order valence-electron chi connectivity index (χ4n) is 2.01. The average molecular weight is 190 g/mol. The molecule has 0 saturated heterocycles. The molecule has 0 heterocycles. The Kier molecular flexibility index (Phi) is 2.73. The van der Waals surface area contributed by atoms with Gasteiger partial charge in [-0.15, -0.1) is 0 Å². The molecular formula is C12H18N2. The number of anilines is 1. The normalized spacial score (nSPS) is 16.4. The van der Waals surface area contributed by atoms with Gasteiger partial charge < -0.3 is 11.1 Å². The van der Waals surface area contributed by atoms with Gasteiger partial charge in [0.1, 0.15) is 0 Å². The van der Waals surface area contributed by atoms with E-state index < -0.39 is 0 Å². The summed E-state index contributed by atoms with van der Waals surface area (Å²) < 4.78 is 0. The molecule has 1 unspecified atom stereocenters. The van der Waals surface area contributed by atoms with E-state index in [2.05, 4.69) is 30.4 Å². The number of hydrogen-bond acceptors (Lipinski definition) is 2. The fraction of sp³-hybridized carbons (Fsp3) is 0.500. The zero-order valence-electron chi connectivity index (χ0n) is 8.72. The molecule has 2 heteroatoms. The van der Waals surface area contributed by atoms with Crippen LogP contribution in [0.5, 0.6) is 0 Å². The minimum atomic E-state index is 0.356. The zero-order valence-corrected chi connectivity index (χ0v) is 8.72. The fourth-order valence-corrected chi connectivity index (χ4v) is 2.01. The predicted molar refractivity (Wildman–Crippen MR) is 60.6 cm³/mol. The van der Waals surface area contributed by atoms with Crippen molar-refractivity contribution in [2.75, 3.05) is 11.9 Å². The molecular weight excluding hydrogens is 172 g/mol. The van der Waals surface area contributed by atoms with E-state index in [1.54, 1.807) is 0 Å². The molecule has 1 aliphatic rings. The summed E-state index contributed by atoms with van der Waals surface area (Å²) in [5, 5.41) is 3.40. The third-order valence-electron chi connectivity index (χ3n) is 2.87. The Morgan fingerprint density at radius 1 is 1.36 bits per heavy atom. The molecule has 1 aromatic carbocycles. The molecule has 76 valence electrons. The third kappa shape index (κ3) is 1.90. The quantitative estimate of drug-likeness (QED) is 0.764. The minimum Gasteiger partial charge on any atom is -0.381 e. The second-order valence-electron chi connectivity index (χ2n) is 4.12. The molecule has 14 heavy (non-hydrogen) atoms. The first-order valence-corrected chi connectivity index (χ1v) is 5.38. The topological polar surface area (TPSA) is 38.0 Å². The maximum absolute atomic E-state index is 5.57. The monoisotopic (exact) mass is 190 g/mol. The lowest BCUT2D eigenvalue weighted by Crippen LogP contribution is -2.25. The molecule has 2 rings (SSSR count). The van der Waals surface area contributed by atoms with Gasteiger partial charge >= 0.3 is 0 Å². The maximum atomic E-state index is 5.57. The maximum Gasteiger partial charge on any atom is 0.0355 e. The standard InChI is InChI=1S/C12H18N2/c1-9(8-13)14-12-6-5-10-3-2-4-11(10)7-12/h5-7,9,14H,2-4,8,13H2,1H3. The molecule has 0 amide bonds. The number of fused-ring (bicyclic) bond motifs is 1. The number of hydrogen-bond donors (Lipinski definition) is 2. The lowest BCUT2D eigenvalue weighted by molar-refractivity contribution is 0.804. The van der Waals surface area contributed by atoms with Gasteiger partial charge in [-0.3, -0.25) is 0 Å². The molecule has 3 N–H and O–H groups in total. The first-order chi connectivity index (χ1) is 6.79. The van der Waals surface area contributed by atoms with Crippen molar-refractivity contribution in [3.05, 3.63) is 29.3 Å². The second-order valence-corrected chi connectivity index (χ2v) is 4.12. The summed E-state index contributed by atoms with van der Waals surface area (Å²) in [4.78, 5) is 0. The van der Waals surface area contributed by atoms with Crippen LogP contribution in [0.25, 0.3) is 0 Å². The molecule has 1 atom stereocenters. The summed E-state index contributed by atoms with van der Waals surface area (Å²) >= 11 is 0. The van der Waals surface area contributed by atoms with Gasteiger partial charge in [-0.1, -0.05) is 6.07 Å². The van der Waals surface area contributed by atoms with E-state index in [-0.39, 0.29) is 0 Å². The van der Waals surface area contributed by atoms with Gasteiger partial charge in [0.05, 0.1) is 0 Å². The number of nitrogens with two attached hydrogens (primary N) is 1. The highest BCUT2D eigenvalue weighted by Gasteiger charge is 2.10. The molecule has 0 fully saturated rings. The van der Waals surface area contributed by atoms with E-state index in [9.17, 15) is 0 Å². The van der Waals surface area contributed by atoms with Crippen LogP contribution in [0.4, 0.5) is 5.69 Å². The van der Waals surface area contributed by atoms with Crippen molar-refractivity contribution in [3.63, 3.8) is 0 Å². The van der Waals surface area contributed by atoms with Crippen molar-refractivity contribution < 1.29 is 0 Å². The third-order valence-corrected chi connectivity index (χ3v) is 2.87. The first-order valence-electron chi connectivity index (χ1n) is 5.38. The number of aryl methyl sites for hydroxylation is 2. The Labute approximate surface area is 85.5 Å². The van der Waals surface area contributed by atoms with Gasteiger partial charge in [-0.2, -0.15) is 0 Å². The molecule has 0 bridgehead atoms. The van der Waals surface area contributed by atoms with Crippen LogP contribution in [-0.4, -0.2) is 12.6 Å². The number of benzene rings is 1. The largest absolute Gasteiger partial charge is 0.381 e. The molecule has 0 aromatic heterocycles. The van der Waals surface area contributed by atoms with Crippen LogP contribution in [0, 0.1) is 0 Å². The Morgan fingerprint density at radius 2 is 2.14 bits per heavy atom. The van der Waals surface area contributed by atoms with Crippen LogP contribution in [0.1, 0.15) is 24.5 Å². The van der Waals surface area contributed by atoms with Crippen LogP contribution in [0.2, 0.25) is 0 Å². The number of rotatable bonds is 3. The first kappa shape index (κ1) is 9.53.